The zero-order valence-corrected chi connectivity index (χ0v) is 11.4. The van der Waals surface area contributed by atoms with E-state index in [-0.39, 0.29) is 5.88 Å². The average Bonchev–Trinajstić information content (AvgIpc) is 2.88. The van der Waals surface area contributed by atoms with Crippen molar-refractivity contribution in [2.45, 2.75) is 18.9 Å². The SMILES string of the molecule is CN1CCC(n2cc(Nc3nccc(O)n3)cn2)CC1. The summed E-state index contributed by atoms with van der Waals surface area (Å²) in [7, 11) is 2.14. The lowest BCUT2D eigenvalue weighted by Crippen LogP contribution is -2.31. The number of nitrogens with zero attached hydrogens (tertiary/aromatic N) is 5. The van der Waals surface area contributed by atoms with Gasteiger partial charge in [0.15, 0.2) is 0 Å². The highest BCUT2D eigenvalue weighted by molar-refractivity contribution is 5.50. The van der Waals surface area contributed by atoms with Gasteiger partial charge in [0, 0.05) is 18.5 Å². The van der Waals surface area contributed by atoms with Crippen molar-refractivity contribution in [2.24, 2.45) is 0 Å². The number of hydrogen-bond donors (Lipinski definition) is 2. The number of aromatic hydroxyl groups is 1. The molecule has 2 aromatic heterocycles. The Labute approximate surface area is 117 Å². The molecule has 3 heterocycles. The van der Waals surface area contributed by atoms with Crippen LogP contribution < -0.4 is 5.32 Å². The summed E-state index contributed by atoms with van der Waals surface area (Å²) >= 11 is 0. The van der Waals surface area contributed by atoms with E-state index in [4.69, 9.17) is 0 Å². The summed E-state index contributed by atoms with van der Waals surface area (Å²) in [6.07, 6.45) is 7.45. The Morgan fingerprint density at radius 3 is 2.90 bits per heavy atom. The normalized spacial score (nSPS) is 17.2. The van der Waals surface area contributed by atoms with Gasteiger partial charge in [0.2, 0.25) is 11.8 Å². The molecule has 1 aliphatic heterocycles. The van der Waals surface area contributed by atoms with Crippen molar-refractivity contribution in [3.8, 4) is 5.88 Å². The Morgan fingerprint density at radius 2 is 2.15 bits per heavy atom. The van der Waals surface area contributed by atoms with Crippen LogP contribution in [0.25, 0.3) is 0 Å². The number of hydrogen-bond acceptors (Lipinski definition) is 6. The van der Waals surface area contributed by atoms with Gasteiger partial charge in [-0.3, -0.25) is 4.68 Å². The Balaban J connectivity index is 1.67. The molecule has 0 saturated carbocycles. The summed E-state index contributed by atoms with van der Waals surface area (Å²) in [5, 5.41) is 16.7. The number of anilines is 2. The van der Waals surface area contributed by atoms with E-state index in [2.05, 4.69) is 32.3 Å². The maximum Gasteiger partial charge on any atom is 0.230 e. The van der Waals surface area contributed by atoms with Gasteiger partial charge in [-0.05, 0) is 33.0 Å². The molecule has 7 nitrogen and oxygen atoms in total. The number of rotatable bonds is 3. The lowest BCUT2D eigenvalue weighted by Gasteiger charge is -2.28. The largest absolute Gasteiger partial charge is 0.493 e. The van der Waals surface area contributed by atoms with Gasteiger partial charge < -0.3 is 15.3 Å². The van der Waals surface area contributed by atoms with Crippen LogP contribution in [-0.2, 0) is 0 Å². The maximum atomic E-state index is 9.31. The molecule has 1 aliphatic rings. The van der Waals surface area contributed by atoms with Gasteiger partial charge in [-0.1, -0.05) is 0 Å². The van der Waals surface area contributed by atoms with Crippen molar-refractivity contribution in [2.75, 3.05) is 25.5 Å². The third kappa shape index (κ3) is 2.88. The van der Waals surface area contributed by atoms with Gasteiger partial charge in [-0.25, -0.2) is 4.98 Å². The highest BCUT2D eigenvalue weighted by Crippen LogP contribution is 2.23. The van der Waals surface area contributed by atoms with E-state index in [1.165, 1.54) is 12.3 Å². The number of aromatic nitrogens is 4. The van der Waals surface area contributed by atoms with Crippen LogP contribution in [0.15, 0.2) is 24.7 Å². The molecule has 2 aromatic rings. The van der Waals surface area contributed by atoms with E-state index in [1.807, 2.05) is 10.9 Å². The van der Waals surface area contributed by atoms with E-state index < -0.39 is 0 Å². The summed E-state index contributed by atoms with van der Waals surface area (Å²) in [6.45, 7) is 2.20. The molecule has 106 valence electrons. The Hall–Kier alpha value is -2.15. The minimum atomic E-state index is -0.0507. The molecule has 0 atom stereocenters. The van der Waals surface area contributed by atoms with E-state index in [1.54, 1.807) is 6.20 Å². The molecule has 0 aliphatic carbocycles. The zero-order chi connectivity index (χ0) is 13.9. The first-order chi connectivity index (χ1) is 9.70. The maximum absolute atomic E-state index is 9.31. The Bertz CT molecular complexity index is 576. The lowest BCUT2D eigenvalue weighted by atomic mass is 10.1. The molecule has 0 aromatic carbocycles. The third-order valence-electron chi connectivity index (χ3n) is 3.56. The van der Waals surface area contributed by atoms with Crippen LogP contribution in [0.5, 0.6) is 5.88 Å². The molecule has 1 saturated heterocycles. The highest BCUT2D eigenvalue weighted by Gasteiger charge is 2.18. The highest BCUT2D eigenvalue weighted by atomic mass is 16.3. The van der Waals surface area contributed by atoms with Gasteiger partial charge in [0.25, 0.3) is 0 Å². The Morgan fingerprint density at radius 1 is 1.35 bits per heavy atom. The second-order valence-electron chi connectivity index (χ2n) is 5.11. The van der Waals surface area contributed by atoms with Crippen LogP contribution in [0.1, 0.15) is 18.9 Å². The Kier molecular flexibility index (Phi) is 3.51. The predicted octanol–water partition coefficient (Wildman–Crippen LogP) is 1.39. The minimum absolute atomic E-state index is 0.0507. The summed E-state index contributed by atoms with van der Waals surface area (Å²) in [5.74, 6) is 0.318. The predicted molar refractivity (Wildman–Crippen MR) is 75.0 cm³/mol. The number of likely N-dealkylation sites (tertiary alicyclic amines) is 1. The quantitative estimate of drug-likeness (QED) is 0.880. The first kappa shape index (κ1) is 12.9. The average molecular weight is 274 g/mol. The lowest BCUT2D eigenvalue weighted by molar-refractivity contribution is 0.212. The standard InChI is InChI=1S/C13H18N6O/c1-18-6-3-11(4-7-18)19-9-10(8-15-19)16-13-14-5-2-12(20)17-13/h2,5,8-9,11H,3-4,6-7H2,1H3,(H2,14,16,17,20). The fraction of sp³-hybridized carbons (Fsp3) is 0.462. The van der Waals surface area contributed by atoms with Crippen molar-refractivity contribution in [1.82, 2.24) is 24.6 Å². The van der Waals surface area contributed by atoms with Crippen molar-refractivity contribution >= 4 is 11.6 Å². The van der Waals surface area contributed by atoms with E-state index >= 15 is 0 Å². The molecule has 3 rings (SSSR count). The van der Waals surface area contributed by atoms with Crippen LogP contribution in [0.3, 0.4) is 0 Å². The second-order valence-corrected chi connectivity index (χ2v) is 5.11. The fourth-order valence-electron chi connectivity index (χ4n) is 2.40. The summed E-state index contributed by atoms with van der Waals surface area (Å²) in [6, 6.07) is 1.89. The van der Waals surface area contributed by atoms with Crippen LogP contribution >= 0.6 is 0 Å². The zero-order valence-electron chi connectivity index (χ0n) is 11.4. The topological polar surface area (TPSA) is 79.1 Å². The molecular formula is C13H18N6O. The summed E-state index contributed by atoms with van der Waals surface area (Å²) < 4.78 is 2.00. The van der Waals surface area contributed by atoms with Gasteiger partial charge in [-0.2, -0.15) is 10.1 Å². The third-order valence-corrected chi connectivity index (χ3v) is 3.56. The number of nitrogens with one attached hydrogen (secondary N) is 1. The van der Waals surface area contributed by atoms with Crippen LogP contribution in [0.2, 0.25) is 0 Å². The molecule has 1 fully saturated rings. The first-order valence-electron chi connectivity index (χ1n) is 6.72. The van der Waals surface area contributed by atoms with Gasteiger partial charge in [0.1, 0.15) is 0 Å². The molecule has 20 heavy (non-hydrogen) atoms. The van der Waals surface area contributed by atoms with Crippen molar-refractivity contribution in [3.05, 3.63) is 24.7 Å². The molecule has 0 bridgehead atoms. The molecule has 0 unspecified atom stereocenters. The fourth-order valence-corrected chi connectivity index (χ4v) is 2.40. The van der Waals surface area contributed by atoms with E-state index in [0.717, 1.165) is 31.6 Å². The summed E-state index contributed by atoms with van der Waals surface area (Å²) in [4.78, 5) is 10.3. The second kappa shape index (κ2) is 5.46. The number of piperidine rings is 1. The smallest absolute Gasteiger partial charge is 0.230 e. The monoisotopic (exact) mass is 274 g/mol. The molecule has 0 spiro atoms. The van der Waals surface area contributed by atoms with Crippen LogP contribution in [0, 0.1) is 0 Å². The van der Waals surface area contributed by atoms with Crippen molar-refractivity contribution in [1.29, 1.82) is 0 Å². The van der Waals surface area contributed by atoms with Crippen molar-refractivity contribution < 1.29 is 5.11 Å². The van der Waals surface area contributed by atoms with Crippen LogP contribution in [0.4, 0.5) is 11.6 Å². The van der Waals surface area contributed by atoms with Crippen LogP contribution in [-0.4, -0.2) is 49.9 Å². The molecular weight excluding hydrogens is 256 g/mol. The van der Waals surface area contributed by atoms with E-state index in [9.17, 15) is 5.11 Å². The first-order valence-corrected chi connectivity index (χ1v) is 6.72. The van der Waals surface area contributed by atoms with Gasteiger partial charge >= 0.3 is 0 Å². The summed E-state index contributed by atoms with van der Waals surface area (Å²) in [5.41, 5.74) is 0.828. The molecule has 2 N–H and O–H groups in total. The van der Waals surface area contributed by atoms with E-state index in [0.29, 0.717) is 12.0 Å². The minimum Gasteiger partial charge on any atom is -0.493 e. The molecule has 0 radical (unpaired) electrons. The van der Waals surface area contributed by atoms with Gasteiger partial charge in [0.05, 0.1) is 17.9 Å². The van der Waals surface area contributed by atoms with Crippen molar-refractivity contribution in [3.63, 3.8) is 0 Å². The molecule has 7 heteroatoms. The van der Waals surface area contributed by atoms with Gasteiger partial charge in [-0.15, -0.1) is 0 Å². The molecule has 0 amide bonds.